The van der Waals surface area contributed by atoms with Crippen LogP contribution in [0.2, 0.25) is 0 Å². The van der Waals surface area contributed by atoms with Crippen LogP contribution in [0.4, 0.5) is 0 Å². The molecule has 3 unspecified atom stereocenters. The van der Waals surface area contributed by atoms with Gasteiger partial charge in [-0.05, 0) is 68.2 Å². The Labute approximate surface area is 123 Å². The first kappa shape index (κ1) is 15.4. The standard InChI is InChI=1S/C18H29NO/c1-13-8-14(2)10-16(9-13)18(19-3)12-15-6-5-7-17(11-15)20-4/h5-7,11,13-14,16,18-19H,8-10,12H2,1-4H3. The lowest BCUT2D eigenvalue weighted by molar-refractivity contribution is 0.179. The predicted molar refractivity (Wildman–Crippen MR) is 85.2 cm³/mol. The van der Waals surface area contributed by atoms with Crippen LogP contribution in [-0.4, -0.2) is 20.2 Å². The van der Waals surface area contributed by atoms with Gasteiger partial charge in [0.2, 0.25) is 0 Å². The Kier molecular flexibility index (Phi) is 5.47. The summed E-state index contributed by atoms with van der Waals surface area (Å²) in [6.07, 6.45) is 5.21. The molecule has 1 aromatic rings. The third-order valence-corrected chi connectivity index (χ3v) is 4.74. The van der Waals surface area contributed by atoms with Crippen molar-refractivity contribution in [2.45, 2.75) is 45.6 Å². The van der Waals surface area contributed by atoms with E-state index >= 15 is 0 Å². The van der Waals surface area contributed by atoms with Crippen molar-refractivity contribution >= 4 is 0 Å². The van der Waals surface area contributed by atoms with E-state index in [0.29, 0.717) is 6.04 Å². The van der Waals surface area contributed by atoms with Crippen LogP contribution in [0.15, 0.2) is 24.3 Å². The van der Waals surface area contributed by atoms with E-state index in [9.17, 15) is 0 Å². The maximum atomic E-state index is 5.33. The van der Waals surface area contributed by atoms with Crippen molar-refractivity contribution in [2.24, 2.45) is 17.8 Å². The van der Waals surface area contributed by atoms with E-state index in [-0.39, 0.29) is 0 Å². The van der Waals surface area contributed by atoms with Crippen molar-refractivity contribution in [2.75, 3.05) is 14.2 Å². The van der Waals surface area contributed by atoms with E-state index < -0.39 is 0 Å². The molecule has 0 bridgehead atoms. The molecule has 0 saturated heterocycles. The second-order valence-corrected chi connectivity index (χ2v) is 6.63. The van der Waals surface area contributed by atoms with Crippen LogP contribution in [0, 0.1) is 17.8 Å². The monoisotopic (exact) mass is 275 g/mol. The summed E-state index contributed by atoms with van der Waals surface area (Å²) in [6, 6.07) is 9.06. The van der Waals surface area contributed by atoms with Gasteiger partial charge in [0.15, 0.2) is 0 Å². The van der Waals surface area contributed by atoms with E-state index in [1.165, 1.54) is 24.8 Å². The predicted octanol–water partition coefficient (Wildman–Crippen LogP) is 3.90. The third-order valence-electron chi connectivity index (χ3n) is 4.74. The minimum absolute atomic E-state index is 0.576. The number of likely N-dealkylation sites (N-methyl/N-ethyl adjacent to an activating group) is 1. The van der Waals surface area contributed by atoms with Gasteiger partial charge in [0.1, 0.15) is 5.75 Å². The fourth-order valence-corrected chi connectivity index (χ4v) is 3.90. The van der Waals surface area contributed by atoms with Gasteiger partial charge >= 0.3 is 0 Å². The van der Waals surface area contributed by atoms with Crippen molar-refractivity contribution in [3.63, 3.8) is 0 Å². The molecule has 2 heteroatoms. The molecule has 0 spiro atoms. The Bertz CT molecular complexity index is 408. The normalized spacial score (nSPS) is 28.1. The summed E-state index contributed by atoms with van der Waals surface area (Å²) < 4.78 is 5.33. The molecule has 112 valence electrons. The molecule has 20 heavy (non-hydrogen) atoms. The quantitative estimate of drug-likeness (QED) is 0.880. The maximum Gasteiger partial charge on any atom is 0.119 e. The molecule has 1 saturated carbocycles. The van der Waals surface area contributed by atoms with Gasteiger partial charge in [0.25, 0.3) is 0 Å². The second-order valence-electron chi connectivity index (χ2n) is 6.63. The summed E-state index contributed by atoms with van der Waals surface area (Å²) in [4.78, 5) is 0. The first-order chi connectivity index (χ1) is 9.62. The highest BCUT2D eigenvalue weighted by Gasteiger charge is 2.29. The fraction of sp³-hybridized carbons (Fsp3) is 0.667. The SMILES string of the molecule is CNC(Cc1cccc(OC)c1)C1CC(C)CC(C)C1. The zero-order valence-electron chi connectivity index (χ0n) is 13.4. The molecule has 1 aliphatic carbocycles. The highest BCUT2D eigenvalue weighted by atomic mass is 16.5. The van der Waals surface area contributed by atoms with Crippen LogP contribution in [0.1, 0.15) is 38.7 Å². The first-order valence-corrected chi connectivity index (χ1v) is 7.92. The van der Waals surface area contributed by atoms with Crippen LogP contribution in [0.25, 0.3) is 0 Å². The molecule has 0 amide bonds. The highest BCUT2D eigenvalue weighted by Crippen LogP contribution is 2.35. The molecule has 0 radical (unpaired) electrons. The van der Waals surface area contributed by atoms with Crippen molar-refractivity contribution in [3.05, 3.63) is 29.8 Å². The van der Waals surface area contributed by atoms with Gasteiger partial charge in [-0.15, -0.1) is 0 Å². The van der Waals surface area contributed by atoms with Crippen LogP contribution in [0.5, 0.6) is 5.75 Å². The lowest BCUT2D eigenvalue weighted by atomic mass is 9.73. The number of methoxy groups -OCH3 is 1. The second kappa shape index (κ2) is 7.12. The fourth-order valence-electron chi connectivity index (χ4n) is 3.90. The Morgan fingerprint density at radius 1 is 1.20 bits per heavy atom. The van der Waals surface area contributed by atoms with Gasteiger partial charge in [-0.1, -0.05) is 26.0 Å². The van der Waals surface area contributed by atoms with E-state index in [1.807, 2.05) is 6.07 Å². The van der Waals surface area contributed by atoms with Gasteiger partial charge in [0.05, 0.1) is 7.11 Å². The lowest BCUT2D eigenvalue weighted by Gasteiger charge is -2.36. The van der Waals surface area contributed by atoms with Crippen molar-refractivity contribution in [3.8, 4) is 5.75 Å². The number of rotatable bonds is 5. The number of ether oxygens (including phenoxy) is 1. The zero-order valence-corrected chi connectivity index (χ0v) is 13.4. The Hall–Kier alpha value is -1.02. The molecule has 2 nitrogen and oxygen atoms in total. The molecule has 0 heterocycles. The topological polar surface area (TPSA) is 21.3 Å². The number of hydrogen-bond acceptors (Lipinski definition) is 2. The minimum atomic E-state index is 0.576. The van der Waals surface area contributed by atoms with Gasteiger partial charge in [0, 0.05) is 6.04 Å². The van der Waals surface area contributed by atoms with Crippen molar-refractivity contribution in [1.29, 1.82) is 0 Å². The first-order valence-electron chi connectivity index (χ1n) is 7.92. The zero-order chi connectivity index (χ0) is 14.5. The minimum Gasteiger partial charge on any atom is -0.497 e. The van der Waals surface area contributed by atoms with Gasteiger partial charge in [-0.3, -0.25) is 0 Å². The maximum absolute atomic E-state index is 5.33. The molecule has 1 aromatic carbocycles. The van der Waals surface area contributed by atoms with E-state index in [0.717, 1.165) is 29.9 Å². The molecule has 1 aliphatic rings. The third kappa shape index (κ3) is 3.99. The summed E-state index contributed by atoms with van der Waals surface area (Å²) in [5.41, 5.74) is 1.37. The van der Waals surface area contributed by atoms with Crippen LogP contribution in [-0.2, 0) is 6.42 Å². The Balaban J connectivity index is 2.04. The molecule has 0 aromatic heterocycles. The van der Waals surface area contributed by atoms with E-state index in [2.05, 4.69) is 44.4 Å². The van der Waals surface area contributed by atoms with Crippen LogP contribution < -0.4 is 10.1 Å². The summed E-state index contributed by atoms with van der Waals surface area (Å²) in [5.74, 6) is 3.49. The Morgan fingerprint density at radius 3 is 2.50 bits per heavy atom. The molecular weight excluding hydrogens is 246 g/mol. The van der Waals surface area contributed by atoms with E-state index in [4.69, 9.17) is 4.74 Å². The average molecular weight is 275 g/mol. The highest BCUT2D eigenvalue weighted by molar-refractivity contribution is 5.29. The smallest absolute Gasteiger partial charge is 0.119 e. The summed E-state index contributed by atoms with van der Waals surface area (Å²) in [5, 5.41) is 3.56. The number of benzene rings is 1. The van der Waals surface area contributed by atoms with Crippen molar-refractivity contribution in [1.82, 2.24) is 5.32 Å². The molecule has 1 fully saturated rings. The molecule has 0 aliphatic heterocycles. The molecule has 1 N–H and O–H groups in total. The summed E-state index contributed by atoms with van der Waals surface area (Å²) in [6.45, 7) is 4.81. The molecule has 2 rings (SSSR count). The summed E-state index contributed by atoms with van der Waals surface area (Å²) >= 11 is 0. The van der Waals surface area contributed by atoms with Crippen LogP contribution in [0.3, 0.4) is 0 Å². The van der Waals surface area contributed by atoms with Gasteiger partial charge < -0.3 is 10.1 Å². The molecular formula is C18H29NO. The number of nitrogens with one attached hydrogen (secondary N) is 1. The number of hydrogen-bond donors (Lipinski definition) is 1. The summed E-state index contributed by atoms with van der Waals surface area (Å²) in [7, 11) is 3.84. The largest absolute Gasteiger partial charge is 0.497 e. The molecule has 3 atom stereocenters. The van der Waals surface area contributed by atoms with Crippen LogP contribution >= 0.6 is 0 Å². The van der Waals surface area contributed by atoms with E-state index in [1.54, 1.807) is 7.11 Å². The van der Waals surface area contributed by atoms with Crippen molar-refractivity contribution < 1.29 is 4.74 Å². The van der Waals surface area contributed by atoms with Gasteiger partial charge in [-0.2, -0.15) is 0 Å². The lowest BCUT2D eigenvalue weighted by Crippen LogP contribution is -2.39. The average Bonchev–Trinajstić information content (AvgIpc) is 2.44. The Morgan fingerprint density at radius 2 is 1.90 bits per heavy atom. The van der Waals surface area contributed by atoms with Gasteiger partial charge in [-0.25, -0.2) is 0 Å².